The molecular weight excluding hydrogens is 226 g/mol. The lowest BCUT2D eigenvalue weighted by atomic mass is 10.1. The number of carbonyl (C=O) groups excluding carboxylic acids is 1. The van der Waals surface area contributed by atoms with Gasteiger partial charge in [0, 0.05) is 12.0 Å². The topological polar surface area (TPSA) is 48.4 Å². The predicted molar refractivity (Wildman–Crippen MR) is 62.5 cm³/mol. The van der Waals surface area contributed by atoms with Gasteiger partial charge in [0.1, 0.15) is 10.6 Å². The third-order valence-electron chi connectivity index (χ3n) is 2.13. The van der Waals surface area contributed by atoms with Crippen LogP contribution in [0.4, 0.5) is 0 Å². The molecule has 0 spiro atoms. The van der Waals surface area contributed by atoms with Crippen molar-refractivity contribution in [3.8, 4) is 0 Å². The van der Waals surface area contributed by atoms with Gasteiger partial charge in [0.05, 0.1) is 19.2 Å². The van der Waals surface area contributed by atoms with Crippen molar-refractivity contribution in [2.24, 2.45) is 0 Å². The maximum absolute atomic E-state index is 11.1. The van der Waals surface area contributed by atoms with Crippen LogP contribution in [-0.2, 0) is 26.3 Å². The van der Waals surface area contributed by atoms with Crippen LogP contribution in [0.1, 0.15) is 31.5 Å². The van der Waals surface area contributed by atoms with Crippen LogP contribution >= 0.6 is 11.3 Å². The summed E-state index contributed by atoms with van der Waals surface area (Å²) >= 11 is 1.51. The lowest BCUT2D eigenvalue weighted by molar-refractivity contribution is -0.139. The number of aromatic nitrogens is 1. The van der Waals surface area contributed by atoms with Crippen LogP contribution in [-0.4, -0.2) is 24.7 Å². The maximum atomic E-state index is 11.1. The molecule has 1 aromatic heterocycles. The fourth-order valence-corrected chi connectivity index (χ4v) is 2.20. The minimum absolute atomic E-state index is 0.217. The van der Waals surface area contributed by atoms with Crippen LogP contribution in [0.3, 0.4) is 0 Å². The zero-order valence-electron chi connectivity index (χ0n) is 10.1. The van der Waals surface area contributed by atoms with Crippen molar-refractivity contribution in [3.05, 3.63) is 16.1 Å². The molecule has 16 heavy (non-hydrogen) atoms. The lowest BCUT2D eigenvalue weighted by Crippen LogP contribution is -2.21. The lowest BCUT2D eigenvalue weighted by Gasteiger charge is -2.21. The summed E-state index contributed by atoms with van der Waals surface area (Å²) in [5.41, 5.74) is 0.341. The number of nitrogens with zero attached hydrogens (tertiary/aromatic N) is 1. The smallest absolute Gasteiger partial charge is 0.311 e. The van der Waals surface area contributed by atoms with Crippen molar-refractivity contribution in [2.45, 2.75) is 32.8 Å². The van der Waals surface area contributed by atoms with Crippen LogP contribution in [0.15, 0.2) is 5.38 Å². The van der Waals surface area contributed by atoms with Gasteiger partial charge in [-0.2, -0.15) is 0 Å². The van der Waals surface area contributed by atoms with Gasteiger partial charge in [0.2, 0.25) is 0 Å². The van der Waals surface area contributed by atoms with E-state index in [1.54, 1.807) is 0 Å². The van der Waals surface area contributed by atoms with Crippen molar-refractivity contribution in [1.82, 2.24) is 4.98 Å². The number of rotatable bonds is 5. The number of ether oxygens (including phenoxy) is 2. The van der Waals surface area contributed by atoms with Crippen molar-refractivity contribution in [1.29, 1.82) is 0 Å². The van der Waals surface area contributed by atoms with E-state index in [1.165, 1.54) is 18.4 Å². The molecule has 0 amide bonds. The number of carbonyl (C=O) groups is 1. The van der Waals surface area contributed by atoms with E-state index < -0.39 is 5.60 Å². The van der Waals surface area contributed by atoms with Gasteiger partial charge >= 0.3 is 5.97 Å². The van der Waals surface area contributed by atoms with E-state index in [4.69, 9.17) is 4.74 Å². The molecule has 4 nitrogen and oxygen atoms in total. The first kappa shape index (κ1) is 13.1. The standard InChI is InChI=1S/C11H17NO3S/c1-5-15-11(2,3)10-12-8(7-16-10)6-9(13)14-4/h7H,5-6H2,1-4H3. The van der Waals surface area contributed by atoms with E-state index in [0.29, 0.717) is 6.61 Å². The quantitative estimate of drug-likeness (QED) is 0.743. The summed E-state index contributed by atoms with van der Waals surface area (Å²) in [5, 5.41) is 2.75. The van der Waals surface area contributed by atoms with Crippen LogP contribution in [0.25, 0.3) is 0 Å². The average Bonchev–Trinajstić information content (AvgIpc) is 2.66. The van der Waals surface area contributed by atoms with Crippen LogP contribution < -0.4 is 0 Å². The summed E-state index contributed by atoms with van der Waals surface area (Å²) in [6, 6.07) is 0. The largest absolute Gasteiger partial charge is 0.469 e. The Bertz CT molecular complexity index is 360. The molecule has 0 unspecified atom stereocenters. The molecule has 0 N–H and O–H groups in total. The van der Waals surface area contributed by atoms with Gasteiger partial charge in [0.25, 0.3) is 0 Å². The minimum Gasteiger partial charge on any atom is -0.469 e. The average molecular weight is 243 g/mol. The molecule has 0 aliphatic carbocycles. The zero-order chi connectivity index (χ0) is 12.2. The Morgan fingerprint density at radius 1 is 1.56 bits per heavy atom. The fraction of sp³-hybridized carbons (Fsp3) is 0.636. The van der Waals surface area contributed by atoms with Gasteiger partial charge in [0.15, 0.2) is 0 Å². The zero-order valence-corrected chi connectivity index (χ0v) is 10.9. The number of thiazole rings is 1. The molecule has 1 aromatic rings. The highest BCUT2D eigenvalue weighted by atomic mass is 32.1. The monoisotopic (exact) mass is 243 g/mol. The Labute approximate surface area is 99.6 Å². The van der Waals surface area contributed by atoms with E-state index in [0.717, 1.165) is 10.7 Å². The van der Waals surface area contributed by atoms with E-state index in [9.17, 15) is 4.79 Å². The number of hydrogen-bond acceptors (Lipinski definition) is 5. The van der Waals surface area contributed by atoms with Crippen molar-refractivity contribution in [3.63, 3.8) is 0 Å². The van der Waals surface area contributed by atoms with Crippen molar-refractivity contribution >= 4 is 17.3 Å². The molecule has 0 fully saturated rings. The first-order chi connectivity index (χ1) is 7.49. The van der Waals surface area contributed by atoms with Crippen molar-refractivity contribution < 1.29 is 14.3 Å². The summed E-state index contributed by atoms with van der Waals surface area (Å²) < 4.78 is 10.2. The molecule has 90 valence electrons. The van der Waals surface area contributed by atoms with Crippen LogP contribution in [0.5, 0.6) is 0 Å². The van der Waals surface area contributed by atoms with Gasteiger partial charge in [-0.05, 0) is 20.8 Å². The second-order valence-corrected chi connectivity index (χ2v) is 4.70. The van der Waals surface area contributed by atoms with E-state index in [-0.39, 0.29) is 12.4 Å². The Balaban J connectivity index is 2.74. The molecule has 0 saturated carbocycles. The van der Waals surface area contributed by atoms with Gasteiger partial charge in [-0.3, -0.25) is 4.79 Å². The maximum Gasteiger partial charge on any atom is 0.311 e. The predicted octanol–water partition coefficient (Wildman–Crippen LogP) is 2.13. The second kappa shape index (κ2) is 5.41. The van der Waals surface area contributed by atoms with Gasteiger partial charge in [-0.25, -0.2) is 4.98 Å². The summed E-state index contributed by atoms with van der Waals surface area (Å²) in [6.45, 7) is 6.53. The number of methoxy groups -OCH3 is 1. The van der Waals surface area contributed by atoms with Gasteiger partial charge in [-0.15, -0.1) is 11.3 Å². The summed E-state index contributed by atoms with van der Waals surface area (Å²) in [6.07, 6.45) is 0.217. The van der Waals surface area contributed by atoms with Crippen LogP contribution in [0, 0.1) is 0 Å². The molecule has 0 atom stereocenters. The first-order valence-corrected chi connectivity index (χ1v) is 6.03. The van der Waals surface area contributed by atoms with E-state index in [2.05, 4.69) is 9.72 Å². The fourth-order valence-electron chi connectivity index (χ4n) is 1.31. The highest BCUT2D eigenvalue weighted by Crippen LogP contribution is 2.27. The highest BCUT2D eigenvalue weighted by molar-refractivity contribution is 7.09. The third kappa shape index (κ3) is 3.28. The molecule has 0 radical (unpaired) electrons. The van der Waals surface area contributed by atoms with E-state index >= 15 is 0 Å². The second-order valence-electron chi connectivity index (χ2n) is 3.84. The van der Waals surface area contributed by atoms with E-state index in [1.807, 2.05) is 26.2 Å². The molecule has 1 heterocycles. The summed E-state index contributed by atoms with van der Waals surface area (Å²) in [5.74, 6) is -0.272. The molecule has 0 aliphatic heterocycles. The molecule has 0 saturated heterocycles. The normalized spacial score (nSPS) is 11.5. The Kier molecular flexibility index (Phi) is 4.44. The summed E-state index contributed by atoms with van der Waals surface area (Å²) in [4.78, 5) is 15.5. The summed E-state index contributed by atoms with van der Waals surface area (Å²) in [7, 11) is 1.37. The third-order valence-corrected chi connectivity index (χ3v) is 3.32. The minimum atomic E-state index is -0.395. The molecule has 0 aliphatic rings. The molecule has 1 rings (SSSR count). The van der Waals surface area contributed by atoms with Crippen molar-refractivity contribution in [2.75, 3.05) is 13.7 Å². The van der Waals surface area contributed by atoms with Gasteiger partial charge < -0.3 is 9.47 Å². The molecular formula is C11H17NO3S. The number of hydrogen-bond donors (Lipinski definition) is 0. The number of esters is 1. The molecule has 0 bridgehead atoms. The Morgan fingerprint density at radius 3 is 2.81 bits per heavy atom. The van der Waals surface area contributed by atoms with Crippen LogP contribution in [0.2, 0.25) is 0 Å². The highest BCUT2D eigenvalue weighted by Gasteiger charge is 2.24. The Morgan fingerprint density at radius 2 is 2.25 bits per heavy atom. The molecule has 0 aromatic carbocycles. The SMILES string of the molecule is CCOC(C)(C)c1nc(CC(=O)OC)cs1. The Hall–Kier alpha value is -0.940. The first-order valence-electron chi connectivity index (χ1n) is 5.15. The van der Waals surface area contributed by atoms with Gasteiger partial charge in [-0.1, -0.05) is 0 Å². The molecule has 5 heteroatoms.